The highest BCUT2D eigenvalue weighted by atomic mass is 19.4. The van der Waals surface area contributed by atoms with E-state index in [2.05, 4.69) is 20.6 Å². The van der Waals surface area contributed by atoms with Crippen molar-refractivity contribution in [3.05, 3.63) is 47.3 Å². The number of nitrogens with zero attached hydrogens (tertiary/aromatic N) is 2. The van der Waals surface area contributed by atoms with Crippen LogP contribution in [0, 0.1) is 0 Å². The van der Waals surface area contributed by atoms with Gasteiger partial charge in [0.1, 0.15) is 17.1 Å². The molecular formula is C20H22F3N5O2. The number of nitrogens with two attached hydrogens (primary N) is 1. The number of piperidine rings is 1. The summed E-state index contributed by atoms with van der Waals surface area (Å²) in [5.41, 5.74) is 5.77. The molecule has 30 heavy (non-hydrogen) atoms. The van der Waals surface area contributed by atoms with Gasteiger partial charge in [-0.25, -0.2) is 4.98 Å². The fourth-order valence-electron chi connectivity index (χ4n) is 3.04. The molecule has 4 N–H and O–H groups in total. The van der Waals surface area contributed by atoms with Crippen LogP contribution in [0.4, 0.5) is 24.5 Å². The molecule has 0 radical (unpaired) electrons. The van der Waals surface area contributed by atoms with Gasteiger partial charge in [0.2, 0.25) is 0 Å². The van der Waals surface area contributed by atoms with Gasteiger partial charge in [-0.2, -0.15) is 13.2 Å². The maximum atomic E-state index is 12.9. The Kier molecular flexibility index (Phi) is 6.56. The van der Waals surface area contributed by atoms with Gasteiger partial charge in [-0.3, -0.25) is 9.79 Å². The number of carbonyl (C=O) groups excluding carboxylic acids is 1. The first-order chi connectivity index (χ1) is 14.3. The largest absolute Gasteiger partial charge is 0.494 e. The molecule has 1 aromatic heterocycles. The summed E-state index contributed by atoms with van der Waals surface area (Å²) in [7, 11) is 1.40. The van der Waals surface area contributed by atoms with E-state index in [1.54, 1.807) is 12.3 Å². The Morgan fingerprint density at radius 1 is 1.33 bits per heavy atom. The molecule has 0 aliphatic carbocycles. The Hall–Kier alpha value is -3.14. The molecule has 1 saturated heterocycles. The average Bonchev–Trinajstić information content (AvgIpc) is 2.74. The first-order valence-electron chi connectivity index (χ1n) is 9.35. The fraction of sp³-hybridized carbons (Fsp3) is 0.350. The molecule has 3 rings (SSSR count). The van der Waals surface area contributed by atoms with Crippen molar-refractivity contribution in [1.29, 1.82) is 0 Å². The van der Waals surface area contributed by atoms with Gasteiger partial charge in [0.05, 0.1) is 18.8 Å². The standard InChI is InChI=1S/C20H22F3N5O2/c1-30-17-10-14(24)12(11-26-13-5-7-25-8-6-13)9-16(17)28-19(29)15-3-2-4-18(27-15)20(21,22)23/h2-4,9-11,13,25H,5-8,24H2,1H3,(H,28,29). The summed E-state index contributed by atoms with van der Waals surface area (Å²) in [4.78, 5) is 20.4. The number of hydrogen-bond acceptors (Lipinski definition) is 6. The van der Waals surface area contributed by atoms with Gasteiger partial charge >= 0.3 is 6.18 Å². The molecule has 0 bridgehead atoms. The number of carbonyl (C=O) groups is 1. The lowest BCUT2D eigenvalue weighted by Crippen LogP contribution is -2.29. The number of anilines is 2. The molecule has 160 valence electrons. The van der Waals surface area contributed by atoms with E-state index in [4.69, 9.17) is 10.5 Å². The van der Waals surface area contributed by atoms with Gasteiger partial charge in [0, 0.05) is 23.5 Å². The molecule has 1 amide bonds. The fourth-order valence-corrected chi connectivity index (χ4v) is 3.04. The zero-order valence-electron chi connectivity index (χ0n) is 16.3. The van der Waals surface area contributed by atoms with E-state index in [0.717, 1.165) is 38.1 Å². The third-order valence-corrected chi connectivity index (χ3v) is 4.66. The predicted octanol–water partition coefficient (Wildman–Crippen LogP) is 3.11. The summed E-state index contributed by atoms with van der Waals surface area (Å²) in [6.45, 7) is 1.79. The maximum Gasteiger partial charge on any atom is 0.433 e. The highest BCUT2D eigenvalue weighted by molar-refractivity contribution is 6.04. The van der Waals surface area contributed by atoms with E-state index in [1.807, 2.05) is 0 Å². The van der Waals surface area contributed by atoms with Crippen molar-refractivity contribution in [2.45, 2.75) is 25.1 Å². The summed E-state index contributed by atoms with van der Waals surface area (Å²) < 4.78 is 43.8. The SMILES string of the molecule is COc1cc(N)c(C=NC2CCNCC2)cc1NC(=O)c1cccc(C(F)(F)F)n1. The first-order valence-corrected chi connectivity index (χ1v) is 9.35. The molecule has 7 nitrogen and oxygen atoms in total. The average molecular weight is 421 g/mol. The van der Waals surface area contributed by atoms with Crippen molar-refractivity contribution in [2.75, 3.05) is 31.2 Å². The highest BCUT2D eigenvalue weighted by Gasteiger charge is 2.33. The van der Waals surface area contributed by atoms with Crippen LogP contribution in [0.2, 0.25) is 0 Å². The normalized spacial score (nSPS) is 15.3. The van der Waals surface area contributed by atoms with Gasteiger partial charge < -0.3 is 21.1 Å². The van der Waals surface area contributed by atoms with Crippen LogP contribution >= 0.6 is 0 Å². The van der Waals surface area contributed by atoms with E-state index in [9.17, 15) is 18.0 Å². The van der Waals surface area contributed by atoms with Crippen LogP contribution in [-0.4, -0.2) is 43.3 Å². The van der Waals surface area contributed by atoms with Gasteiger partial charge in [-0.05, 0) is 44.1 Å². The molecule has 1 aliphatic rings. The van der Waals surface area contributed by atoms with Gasteiger partial charge in [0.25, 0.3) is 5.91 Å². The molecule has 1 aliphatic heterocycles. The number of aliphatic imine (C=N–C) groups is 1. The van der Waals surface area contributed by atoms with E-state index < -0.39 is 17.8 Å². The van der Waals surface area contributed by atoms with E-state index >= 15 is 0 Å². The molecule has 0 spiro atoms. The van der Waals surface area contributed by atoms with E-state index in [-0.39, 0.29) is 23.2 Å². The van der Waals surface area contributed by atoms with Gasteiger partial charge in [-0.15, -0.1) is 0 Å². The minimum Gasteiger partial charge on any atom is -0.494 e. The minimum absolute atomic E-state index is 0.181. The Labute approximate surface area is 171 Å². The smallest absolute Gasteiger partial charge is 0.433 e. The summed E-state index contributed by atoms with van der Waals surface area (Å²) >= 11 is 0. The Morgan fingerprint density at radius 3 is 2.73 bits per heavy atom. The maximum absolute atomic E-state index is 12.9. The number of nitrogen functional groups attached to an aromatic ring is 1. The topological polar surface area (TPSA) is 102 Å². The quantitative estimate of drug-likeness (QED) is 0.509. The zero-order chi connectivity index (χ0) is 21.7. The number of methoxy groups -OCH3 is 1. The Balaban J connectivity index is 1.84. The van der Waals surface area contributed by atoms with Crippen molar-refractivity contribution in [3.63, 3.8) is 0 Å². The second-order valence-corrected chi connectivity index (χ2v) is 6.80. The summed E-state index contributed by atoms with van der Waals surface area (Å²) in [5.74, 6) is -0.530. The van der Waals surface area contributed by atoms with E-state index in [1.165, 1.54) is 19.2 Å². The molecule has 10 heteroatoms. The second kappa shape index (κ2) is 9.12. The number of nitrogens with one attached hydrogen (secondary N) is 2. The Morgan fingerprint density at radius 2 is 2.07 bits per heavy atom. The van der Waals surface area contributed by atoms with Crippen LogP contribution < -0.4 is 21.1 Å². The third kappa shape index (κ3) is 5.26. The number of hydrogen-bond donors (Lipinski definition) is 3. The van der Waals surface area contributed by atoms with Crippen LogP contribution in [-0.2, 0) is 6.18 Å². The summed E-state index contributed by atoms with van der Waals surface area (Å²) in [6.07, 6.45) is -1.18. The minimum atomic E-state index is -4.65. The molecule has 2 aromatic rings. The van der Waals surface area contributed by atoms with Crippen molar-refractivity contribution in [2.24, 2.45) is 4.99 Å². The zero-order valence-corrected chi connectivity index (χ0v) is 16.3. The first kappa shape index (κ1) is 21.6. The van der Waals surface area contributed by atoms with Crippen LogP contribution in [0.1, 0.15) is 34.6 Å². The van der Waals surface area contributed by atoms with Crippen LogP contribution in [0.3, 0.4) is 0 Å². The lowest BCUT2D eigenvalue weighted by atomic mass is 10.1. The van der Waals surface area contributed by atoms with Crippen LogP contribution in [0.5, 0.6) is 5.75 Å². The summed E-state index contributed by atoms with van der Waals surface area (Å²) in [5, 5.41) is 5.80. The Bertz CT molecular complexity index is 941. The van der Waals surface area contributed by atoms with Crippen molar-refractivity contribution in [1.82, 2.24) is 10.3 Å². The molecule has 0 unspecified atom stereocenters. The lowest BCUT2D eigenvalue weighted by molar-refractivity contribution is -0.141. The highest BCUT2D eigenvalue weighted by Crippen LogP contribution is 2.31. The van der Waals surface area contributed by atoms with Crippen LogP contribution in [0.15, 0.2) is 35.3 Å². The number of benzene rings is 1. The van der Waals surface area contributed by atoms with Crippen molar-refractivity contribution < 1.29 is 22.7 Å². The van der Waals surface area contributed by atoms with E-state index in [0.29, 0.717) is 11.3 Å². The molecule has 1 aromatic carbocycles. The summed E-state index contributed by atoms with van der Waals surface area (Å²) in [6, 6.07) is 6.41. The monoisotopic (exact) mass is 421 g/mol. The number of alkyl halides is 3. The molecule has 0 saturated carbocycles. The molecule has 0 atom stereocenters. The number of pyridine rings is 1. The van der Waals surface area contributed by atoms with Gasteiger partial charge in [0.15, 0.2) is 0 Å². The lowest BCUT2D eigenvalue weighted by Gasteiger charge is -2.19. The number of halogens is 3. The number of amides is 1. The number of ether oxygens (including phenoxy) is 1. The number of aromatic nitrogens is 1. The molecule has 1 fully saturated rings. The molecule has 2 heterocycles. The van der Waals surface area contributed by atoms with Crippen molar-refractivity contribution in [3.8, 4) is 5.75 Å². The predicted molar refractivity (Wildman–Crippen MR) is 108 cm³/mol. The third-order valence-electron chi connectivity index (χ3n) is 4.66. The number of rotatable bonds is 5. The second-order valence-electron chi connectivity index (χ2n) is 6.80. The molecular weight excluding hydrogens is 399 g/mol. The van der Waals surface area contributed by atoms with Gasteiger partial charge in [-0.1, -0.05) is 6.07 Å². The van der Waals surface area contributed by atoms with Crippen molar-refractivity contribution >= 4 is 23.5 Å². The van der Waals surface area contributed by atoms with Crippen LogP contribution in [0.25, 0.3) is 0 Å².